The van der Waals surface area contributed by atoms with E-state index in [1.54, 1.807) is 9.80 Å². The molecule has 1 saturated heterocycles. The first-order chi connectivity index (χ1) is 15.2. The van der Waals surface area contributed by atoms with E-state index in [1.807, 2.05) is 69.3 Å². The molecule has 2 aromatic carbocycles. The van der Waals surface area contributed by atoms with Crippen LogP contribution in [0.3, 0.4) is 0 Å². The summed E-state index contributed by atoms with van der Waals surface area (Å²) >= 11 is 6.26. The number of piperidine rings is 1. The van der Waals surface area contributed by atoms with E-state index in [0.717, 1.165) is 29.7 Å². The van der Waals surface area contributed by atoms with E-state index >= 15 is 0 Å². The van der Waals surface area contributed by atoms with Gasteiger partial charge in [0.05, 0.1) is 5.69 Å². The maximum absolute atomic E-state index is 12.9. The standard InChI is InChI=1S/C25H29ClN2O4/c1-24(2,3)32-23(30)28-17-25(20-10-9-19(26)15-21(20)28)11-13-27(14-12-25)22(29)31-16-18-7-5-4-6-8-18/h4-10,15H,11-14,16-17H2,1-3H3. The quantitative estimate of drug-likeness (QED) is 0.576. The van der Waals surface area contributed by atoms with Crippen molar-refractivity contribution >= 4 is 29.5 Å². The summed E-state index contributed by atoms with van der Waals surface area (Å²) in [5.74, 6) is 0. The molecule has 2 aliphatic rings. The van der Waals surface area contributed by atoms with Crippen LogP contribution in [0.4, 0.5) is 15.3 Å². The number of halogens is 1. The lowest BCUT2D eigenvalue weighted by atomic mass is 9.74. The van der Waals surface area contributed by atoms with Crippen LogP contribution in [0.2, 0.25) is 5.02 Å². The summed E-state index contributed by atoms with van der Waals surface area (Å²) in [7, 11) is 0. The Morgan fingerprint density at radius 2 is 1.72 bits per heavy atom. The summed E-state index contributed by atoms with van der Waals surface area (Å²) in [6.45, 7) is 7.48. The van der Waals surface area contributed by atoms with Crippen LogP contribution in [0.15, 0.2) is 48.5 Å². The fraction of sp³-hybridized carbons (Fsp3) is 0.440. The van der Waals surface area contributed by atoms with Crippen LogP contribution < -0.4 is 4.90 Å². The molecular weight excluding hydrogens is 428 g/mol. The zero-order chi connectivity index (χ0) is 22.9. The lowest BCUT2D eigenvalue weighted by Gasteiger charge is -2.39. The monoisotopic (exact) mass is 456 g/mol. The molecule has 0 aliphatic carbocycles. The van der Waals surface area contributed by atoms with Gasteiger partial charge in [-0.05, 0) is 56.9 Å². The van der Waals surface area contributed by atoms with Crippen molar-refractivity contribution in [3.63, 3.8) is 0 Å². The van der Waals surface area contributed by atoms with Gasteiger partial charge in [0.25, 0.3) is 0 Å². The molecule has 0 saturated carbocycles. The van der Waals surface area contributed by atoms with Crippen LogP contribution in [0.1, 0.15) is 44.7 Å². The highest BCUT2D eigenvalue weighted by Crippen LogP contribution is 2.48. The van der Waals surface area contributed by atoms with E-state index in [2.05, 4.69) is 0 Å². The molecule has 0 bridgehead atoms. The average Bonchev–Trinajstić information content (AvgIpc) is 3.05. The molecule has 0 N–H and O–H groups in total. The van der Waals surface area contributed by atoms with Gasteiger partial charge in [0, 0.05) is 30.1 Å². The second-order valence-corrected chi connectivity index (χ2v) is 9.97. The fourth-order valence-corrected chi connectivity index (χ4v) is 4.65. The Labute approximate surface area is 194 Å². The molecule has 7 heteroatoms. The third-order valence-corrected chi connectivity index (χ3v) is 6.32. The van der Waals surface area contributed by atoms with Gasteiger partial charge in [-0.2, -0.15) is 0 Å². The van der Waals surface area contributed by atoms with Crippen LogP contribution in [0.5, 0.6) is 0 Å². The maximum Gasteiger partial charge on any atom is 0.414 e. The van der Waals surface area contributed by atoms with Crippen molar-refractivity contribution < 1.29 is 19.1 Å². The fourth-order valence-electron chi connectivity index (χ4n) is 4.48. The molecule has 2 heterocycles. The van der Waals surface area contributed by atoms with Gasteiger partial charge in [-0.15, -0.1) is 0 Å². The highest BCUT2D eigenvalue weighted by atomic mass is 35.5. The number of likely N-dealkylation sites (tertiary alicyclic amines) is 1. The lowest BCUT2D eigenvalue weighted by Crippen LogP contribution is -2.48. The Hall–Kier alpha value is -2.73. The number of nitrogens with zero attached hydrogens (tertiary/aromatic N) is 2. The Morgan fingerprint density at radius 1 is 1.03 bits per heavy atom. The molecule has 2 aromatic rings. The molecular formula is C25H29ClN2O4. The van der Waals surface area contributed by atoms with Crippen molar-refractivity contribution in [1.82, 2.24) is 4.90 Å². The summed E-state index contributed by atoms with van der Waals surface area (Å²) in [6.07, 6.45) is 0.799. The molecule has 0 atom stereocenters. The van der Waals surface area contributed by atoms with Gasteiger partial charge < -0.3 is 14.4 Å². The van der Waals surface area contributed by atoms with Gasteiger partial charge in [-0.25, -0.2) is 9.59 Å². The SMILES string of the molecule is CC(C)(C)OC(=O)N1CC2(CCN(C(=O)OCc3ccccc3)CC2)c2ccc(Cl)cc21. The molecule has 0 aromatic heterocycles. The highest BCUT2D eigenvalue weighted by Gasteiger charge is 2.48. The van der Waals surface area contributed by atoms with Gasteiger partial charge in [-0.3, -0.25) is 4.90 Å². The van der Waals surface area contributed by atoms with Gasteiger partial charge >= 0.3 is 12.2 Å². The zero-order valence-electron chi connectivity index (χ0n) is 18.8. The smallest absolute Gasteiger partial charge is 0.414 e. The normalized spacial score (nSPS) is 17.2. The Morgan fingerprint density at radius 3 is 2.38 bits per heavy atom. The minimum Gasteiger partial charge on any atom is -0.445 e. The van der Waals surface area contributed by atoms with Gasteiger partial charge in [0.15, 0.2) is 0 Å². The molecule has 170 valence electrons. The number of rotatable bonds is 2. The second-order valence-electron chi connectivity index (χ2n) is 9.54. The summed E-state index contributed by atoms with van der Waals surface area (Å²) < 4.78 is 11.1. The molecule has 32 heavy (non-hydrogen) atoms. The zero-order valence-corrected chi connectivity index (χ0v) is 19.5. The highest BCUT2D eigenvalue weighted by molar-refractivity contribution is 6.31. The maximum atomic E-state index is 12.9. The third-order valence-electron chi connectivity index (χ3n) is 6.08. The largest absolute Gasteiger partial charge is 0.445 e. The number of hydrogen-bond donors (Lipinski definition) is 0. The van der Waals surface area contributed by atoms with Crippen molar-refractivity contribution in [3.8, 4) is 0 Å². The van der Waals surface area contributed by atoms with Crippen LogP contribution in [-0.4, -0.2) is 42.3 Å². The van der Waals surface area contributed by atoms with Crippen LogP contribution in [0.25, 0.3) is 0 Å². The Balaban J connectivity index is 1.45. The number of carbonyl (C=O) groups excluding carboxylic acids is 2. The van der Waals surface area contributed by atoms with E-state index in [0.29, 0.717) is 24.7 Å². The second kappa shape index (κ2) is 8.66. The minimum absolute atomic E-state index is 0.229. The molecule has 1 fully saturated rings. The molecule has 1 spiro atoms. The topological polar surface area (TPSA) is 59.1 Å². The van der Waals surface area contributed by atoms with E-state index in [-0.39, 0.29) is 24.2 Å². The minimum atomic E-state index is -0.586. The van der Waals surface area contributed by atoms with Gasteiger partial charge in [-0.1, -0.05) is 48.0 Å². The van der Waals surface area contributed by atoms with Gasteiger partial charge in [0.1, 0.15) is 12.2 Å². The van der Waals surface area contributed by atoms with Crippen LogP contribution >= 0.6 is 11.6 Å². The third kappa shape index (κ3) is 4.70. The molecule has 4 rings (SSSR count). The number of benzene rings is 2. The lowest BCUT2D eigenvalue weighted by molar-refractivity contribution is 0.0561. The first kappa shape index (κ1) is 22.5. The van der Waals surface area contributed by atoms with E-state index in [1.165, 1.54) is 0 Å². The van der Waals surface area contributed by atoms with Crippen LogP contribution in [-0.2, 0) is 21.5 Å². The Bertz CT molecular complexity index is 995. The number of hydrogen-bond acceptors (Lipinski definition) is 4. The Kier molecular flexibility index (Phi) is 6.08. The van der Waals surface area contributed by atoms with Crippen molar-refractivity contribution in [2.45, 2.75) is 51.2 Å². The number of anilines is 1. The predicted molar refractivity (Wildman–Crippen MR) is 124 cm³/mol. The molecule has 2 aliphatic heterocycles. The summed E-state index contributed by atoms with van der Waals surface area (Å²) in [5.41, 5.74) is 2.03. The molecule has 0 radical (unpaired) electrons. The number of carbonyl (C=O) groups is 2. The van der Waals surface area contributed by atoms with Gasteiger partial charge in [0.2, 0.25) is 0 Å². The summed E-state index contributed by atoms with van der Waals surface area (Å²) in [4.78, 5) is 29.0. The summed E-state index contributed by atoms with van der Waals surface area (Å²) in [6, 6.07) is 15.3. The number of fused-ring (bicyclic) bond motifs is 2. The summed E-state index contributed by atoms with van der Waals surface area (Å²) in [5, 5.41) is 0.580. The predicted octanol–water partition coefficient (Wildman–Crippen LogP) is 5.77. The number of ether oxygens (including phenoxy) is 2. The molecule has 2 amide bonds. The van der Waals surface area contributed by atoms with E-state index in [4.69, 9.17) is 21.1 Å². The van der Waals surface area contributed by atoms with Crippen molar-refractivity contribution in [3.05, 3.63) is 64.7 Å². The van der Waals surface area contributed by atoms with Crippen molar-refractivity contribution in [2.24, 2.45) is 0 Å². The van der Waals surface area contributed by atoms with E-state index in [9.17, 15) is 9.59 Å². The first-order valence-electron chi connectivity index (χ1n) is 10.9. The first-order valence-corrected chi connectivity index (χ1v) is 11.3. The molecule has 0 unspecified atom stereocenters. The number of amides is 2. The molecule has 6 nitrogen and oxygen atoms in total. The average molecular weight is 457 g/mol. The van der Waals surface area contributed by atoms with E-state index < -0.39 is 5.60 Å². The van der Waals surface area contributed by atoms with Crippen LogP contribution in [0, 0.1) is 0 Å². The van der Waals surface area contributed by atoms with Crippen molar-refractivity contribution in [2.75, 3.05) is 24.5 Å². The van der Waals surface area contributed by atoms with Crippen molar-refractivity contribution in [1.29, 1.82) is 0 Å².